The van der Waals surface area contributed by atoms with Gasteiger partial charge >= 0.3 is 0 Å². The fourth-order valence-corrected chi connectivity index (χ4v) is 2.25. The van der Waals surface area contributed by atoms with Crippen LogP contribution in [0, 0.1) is 5.92 Å². The van der Waals surface area contributed by atoms with Crippen LogP contribution >= 0.6 is 0 Å². The highest BCUT2D eigenvalue weighted by Crippen LogP contribution is 2.19. The molecule has 3 nitrogen and oxygen atoms in total. The number of nitrogens with one attached hydrogen (secondary N) is 1. The molecule has 2 rings (SSSR count). The molecule has 0 radical (unpaired) electrons. The molecule has 1 aromatic carbocycles. The second kappa shape index (κ2) is 6.73. The third-order valence-corrected chi connectivity index (χ3v) is 3.17. The molecule has 0 unspecified atom stereocenters. The third-order valence-electron chi connectivity index (χ3n) is 3.17. The summed E-state index contributed by atoms with van der Waals surface area (Å²) in [5, 5.41) is 4.78. The van der Waals surface area contributed by atoms with Crippen LogP contribution in [0.5, 0.6) is 0 Å². The van der Waals surface area contributed by atoms with E-state index >= 15 is 0 Å². The van der Waals surface area contributed by atoms with E-state index < -0.39 is 0 Å². The number of hydrogen-bond acceptors (Lipinski definition) is 2. The van der Waals surface area contributed by atoms with E-state index in [9.17, 15) is 0 Å². The standard InChI is InChI=1S/C16H24N2O/c1-13(2)12-19-9-8-17-10-14-11-18(3)16-7-5-4-6-15(14)16/h4-7,11,13,17H,8-10,12H2,1-3H3. The fraction of sp³-hybridized carbons (Fsp3) is 0.500. The van der Waals surface area contributed by atoms with E-state index in [1.165, 1.54) is 16.5 Å². The first kappa shape index (κ1) is 14.1. The minimum absolute atomic E-state index is 0.609. The van der Waals surface area contributed by atoms with Gasteiger partial charge in [0.1, 0.15) is 0 Å². The monoisotopic (exact) mass is 260 g/mol. The molecule has 104 valence electrons. The van der Waals surface area contributed by atoms with Gasteiger partial charge in [-0.15, -0.1) is 0 Å². The smallest absolute Gasteiger partial charge is 0.0591 e. The van der Waals surface area contributed by atoms with Crippen molar-refractivity contribution in [2.24, 2.45) is 13.0 Å². The number of benzene rings is 1. The maximum atomic E-state index is 5.56. The van der Waals surface area contributed by atoms with Gasteiger partial charge < -0.3 is 14.6 Å². The Morgan fingerprint density at radius 1 is 1.26 bits per heavy atom. The van der Waals surface area contributed by atoms with Crippen LogP contribution in [-0.4, -0.2) is 24.3 Å². The Morgan fingerprint density at radius 2 is 2.05 bits per heavy atom. The van der Waals surface area contributed by atoms with Crippen molar-refractivity contribution in [1.29, 1.82) is 0 Å². The van der Waals surface area contributed by atoms with Crippen molar-refractivity contribution in [3.8, 4) is 0 Å². The molecule has 0 aliphatic carbocycles. The predicted octanol–water partition coefficient (Wildman–Crippen LogP) is 2.94. The number of nitrogens with zero attached hydrogens (tertiary/aromatic N) is 1. The number of fused-ring (bicyclic) bond motifs is 1. The van der Waals surface area contributed by atoms with Gasteiger partial charge in [-0.2, -0.15) is 0 Å². The van der Waals surface area contributed by atoms with Gasteiger partial charge in [-0.25, -0.2) is 0 Å². The molecule has 0 amide bonds. The van der Waals surface area contributed by atoms with E-state index in [2.05, 4.69) is 61.2 Å². The molecule has 0 saturated heterocycles. The Balaban J connectivity index is 1.82. The van der Waals surface area contributed by atoms with Gasteiger partial charge in [-0.1, -0.05) is 32.0 Å². The van der Waals surface area contributed by atoms with E-state index in [-0.39, 0.29) is 0 Å². The summed E-state index contributed by atoms with van der Waals surface area (Å²) in [5.74, 6) is 0.609. The minimum atomic E-state index is 0.609. The van der Waals surface area contributed by atoms with Gasteiger partial charge in [0.15, 0.2) is 0 Å². The third kappa shape index (κ3) is 3.82. The Hall–Kier alpha value is -1.32. The number of para-hydroxylation sites is 1. The van der Waals surface area contributed by atoms with Gasteiger partial charge in [-0.05, 0) is 17.5 Å². The van der Waals surface area contributed by atoms with E-state index in [0.717, 1.165) is 26.3 Å². The molecule has 3 heteroatoms. The zero-order chi connectivity index (χ0) is 13.7. The molecular formula is C16H24N2O. The molecule has 0 bridgehead atoms. The summed E-state index contributed by atoms with van der Waals surface area (Å²) in [6.07, 6.45) is 2.20. The second-order valence-corrected chi connectivity index (χ2v) is 5.43. The lowest BCUT2D eigenvalue weighted by molar-refractivity contribution is 0.111. The quantitative estimate of drug-likeness (QED) is 0.775. The minimum Gasteiger partial charge on any atom is -0.380 e. The van der Waals surface area contributed by atoms with Crippen LogP contribution in [0.2, 0.25) is 0 Å². The maximum absolute atomic E-state index is 5.56. The summed E-state index contributed by atoms with van der Waals surface area (Å²) in [5.41, 5.74) is 2.64. The zero-order valence-electron chi connectivity index (χ0n) is 12.1. The summed E-state index contributed by atoms with van der Waals surface area (Å²) in [7, 11) is 2.09. The van der Waals surface area contributed by atoms with Gasteiger partial charge in [0.25, 0.3) is 0 Å². The van der Waals surface area contributed by atoms with Gasteiger partial charge in [0.2, 0.25) is 0 Å². The summed E-state index contributed by atoms with van der Waals surface area (Å²) >= 11 is 0. The molecule has 0 atom stereocenters. The molecule has 1 N–H and O–H groups in total. The van der Waals surface area contributed by atoms with Crippen molar-refractivity contribution in [3.63, 3.8) is 0 Å². The van der Waals surface area contributed by atoms with Crippen molar-refractivity contribution in [3.05, 3.63) is 36.0 Å². The molecule has 0 saturated carbocycles. The van der Waals surface area contributed by atoms with Crippen LogP contribution in [0.1, 0.15) is 19.4 Å². The normalized spacial score (nSPS) is 11.6. The first-order chi connectivity index (χ1) is 9.18. The van der Waals surface area contributed by atoms with Crippen LogP contribution in [0.15, 0.2) is 30.5 Å². The average molecular weight is 260 g/mol. The van der Waals surface area contributed by atoms with E-state index in [4.69, 9.17) is 4.74 Å². The van der Waals surface area contributed by atoms with Crippen LogP contribution in [0.25, 0.3) is 10.9 Å². The maximum Gasteiger partial charge on any atom is 0.0591 e. The molecule has 1 aromatic heterocycles. The lowest BCUT2D eigenvalue weighted by atomic mass is 10.2. The Labute approximate surface area is 115 Å². The van der Waals surface area contributed by atoms with E-state index in [1.54, 1.807) is 0 Å². The fourth-order valence-electron chi connectivity index (χ4n) is 2.25. The lowest BCUT2D eigenvalue weighted by Gasteiger charge is -2.07. The molecule has 0 aliphatic heterocycles. The summed E-state index contributed by atoms with van der Waals surface area (Å²) in [6.45, 7) is 7.76. The SMILES string of the molecule is CC(C)COCCNCc1cn(C)c2ccccc12. The van der Waals surface area contributed by atoms with Crippen molar-refractivity contribution in [2.45, 2.75) is 20.4 Å². The highest BCUT2D eigenvalue weighted by Gasteiger charge is 2.04. The number of aromatic nitrogens is 1. The van der Waals surface area contributed by atoms with Crippen LogP contribution < -0.4 is 5.32 Å². The summed E-state index contributed by atoms with van der Waals surface area (Å²) in [6, 6.07) is 8.52. The summed E-state index contributed by atoms with van der Waals surface area (Å²) in [4.78, 5) is 0. The van der Waals surface area contributed by atoms with Gasteiger partial charge in [0, 0.05) is 43.8 Å². The number of ether oxygens (including phenoxy) is 1. The first-order valence-electron chi connectivity index (χ1n) is 7.00. The van der Waals surface area contributed by atoms with Crippen LogP contribution in [0.3, 0.4) is 0 Å². The molecule has 19 heavy (non-hydrogen) atoms. The molecule has 0 fully saturated rings. The zero-order valence-corrected chi connectivity index (χ0v) is 12.1. The lowest BCUT2D eigenvalue weighted by Crippen LogP contribution is -2.20. The molecule has 1 heterocycles. The van der Waals surface area contributed by atoms with Crippen molar-refractivity contribution < 1.29 is 4.74 Å². The van der Waals surface area contributed by atoms with E-state index in [0.29, 0.717) is 5.92 Å². The Kier molecular flexibility index (Phi) is 5.00. The molecule has 0 spiro atoms. The van der Waals surface area contributed by atoms with Crippen LogP contribution in [-0.2, 0) is 18.3 Å². The van der Waals surface area contributed by atoms with Crippen molar-refractivity contribution in [1.82, 2.24) is 9.88 Å². The average Bonchev–Trinajstić information content (AvgIpc) is 2.71. The topological polar surface area (TPSA) is 26.2 Å². The van der Waals surface area contributed by atoms with Crippen molar-refractivity contribution >= 4 is 10.9 Å². The Bertz CT molecular complexity index is 516. The predicted molar refractivity (Wildman–Crippen MR) is 80.3 cm³/mol. The number of rotatable bonds is 7. The number of aryl methyl sites for hydroxylation is 1. The number of hydrogen-bond donors (Lipinski definition) is 1. The molecule has 2 aromatic rings. The largest absolute Gasteiger partial charge is 0.380 e. The van der Waals surface area contributed by atoms with Crippen LogP contribution in [0.4, 0.5) is 0 Å². The first-order valence-corrected chi connectivity index (χ1v) is 7.00. The molecule has 0 aliphatic rings. The highest BCUT2D eigenvalue weighted by molar-refractivity contribution is 5.83. The highest BCUT2D eigenvalue weighted by atomic mass is 16.5. The van der Waals surface area contributed by atoms with E-state index in [1.807, 2.05) is 0 Å². The Morgan fingerprint density at radius 3 is 2.84 bits per heavy atom. The second-order valence-electron chi connectivity index (χ2n) is 5.43. The van der Waals surface area contributed by atoms with Gasteiger partial charge in [-0.3, -0.25) is 0 Å². The molecular weight excluding hydrogens is 236 g/mol. The summed E-state index contributed by atoms with van der Waals surface area (Å²) < 4.78 is 7.74. The van der Waals surface area contributed by atoms with Crippen molar-refractivity contribution in [2.75, 3.05) is 19.8 Å². The van der Waals surface area contributed by atoms with Gasteiger partial charge in [0.05, 0.1) is 6.61 Å².